The van der Waals surface area contributed by atoms with E-state index in [1.807, 2.05) is 60.3 Å². The molecule has 0 spiro atoms. The summed E-state index contributed by atoms with van der Waals surface area (Å²) in [6, 6.07) is 20.5. The van der Waals surface area contributed by atoms with Gasteiger partial charge in [0, 0.05) is 49.9 Å². The number of hydrogen-bond acceptors (Lipinski definition) is 4. The lowest BCUT2D eigenvalue weighted by Crippen LogP contribution is -2.56. The summed E-state index contributed by atoms with van der Waals surface area (Å²) in [6.07, 6.45) is 2.29. The Morgan fingerprint density at radius 2 is 1.91 bits per heavy atom. The number of carbonyl (C=O) groups excluding carboxylic acids is 1. The van der Waals surface area contributed by atoms with E-state index in [1.54, 1.807) is 7.11 Å². The first kappa shape index (κ1) is 22.5. The van der Waals surface area contributed by atoms with Gasteiger partial charge in [0.1, 0.15) is 5.75 Å². The van der Waals surface area contributed by atoms with E-state index in [9.17, 15) is 4.79 Å². The highest BCUT2D eigenvalue weighted by Crippen LogP contribution is 2.42. The zero-order valence-electron chi connectivity index (χ0n) is 19.9. The van der Waals surface area contributed by atoms with Crippen LogP contribution in [0.4, 0.5) is 4.79 Å². The molecule has 3 aromatic rings. The van der Waals surface area contributed by atoms with Gasteiger partial charge < -0.3 is 15.4 Å². The number of ether oxygens (including phenoxy) is 1. The average molecular weight is 460 g/mol. The van der Waals surface area contributed by atoms with Gasteiger partial charge in [-0.3, -0.25) is 9.58 Å². The summed E-state index contributed by atoms with van der Waals surface area (Å²) in [5.41, 5.74) is 4.36. The van der Waals surface area contributed by atoms with Crippen molar-refractivity contribution in [3.63, 3.8) is 0 Å². The first-order valence-corrected chi connectivity index (χ1v) is 12.1. The SMILES string of the molecule is COc1ccccc1-c1cc(C2CN3CCC2CC3CNC(=O)NCc2ccccc2)n(C)n1. The van der Waals surface area contributed by atoms with Gasteiger partial charge in [-0.15, -0.1) is 0 Å². The predicted octanol–water partition coefficient (Wildman–Crippen LogP) is 3.77. The third kappa shape index (κ3) is 4.66. The largest absolute Gasteiger partial charge is 0.496 e. The Kier molecular flexibility index (Phi) is 6.54. The highest BCUT2D eigenvalue weighted by Gasteiger charge is 2.41. The first-order chi connectivity index (χ1) is 16.6. The number of amides is 2. The summed E-state index contributed by atoms with van der Waals surface area (Å²) in [4.78, 5) is 14.9. The molecule has 2 bridgehead atoms. The maximum Gasteiger partial charge on any atom is 0.315 e. The minimum atomic E-state index is -0.101. The highest BCUT2D eigenvalue weighted by atomic mass is 16.5. The van der Waals surface area contributed by atoms with E-state index in [2.05, 4.69) is 27.7 Å². The summed E-state index contributed by atoms with van der Waals surface area (Å²) in [6.45, 7) is 3.33. The van der Waals surface area contributed by atoms with Crippen molar-refractivity contribution in [2.75, 3.05) is 26.7 Å². The normalized spacial score (nSPS) is 23.5. The molecule has 7 heteroatoms. The Morgan fingerprint density at radius 3 is 2.68 bits per heavy atom. The molecule has 0 radical (unpaired) electrons. The zero-order chi connectivity index (χ0) is 23.5. The van der Waals surface area contributed by atoms with E-state index in [0.717, 1.165) is 42.1 Å². The first-order valence-electron chi connectivity index (χ1n) is 12.1. The van der Waals surface area contributed by atoms with Gasteiger partial charge in [-0.1, -0.05) is 42.5 Å². The molecule has 3 aliphatic rings. The number of benzene rings is 2. The number of methoxy groups -OCH3 is 1. The minimum absolute atomic E-state index is 0.101. The van der Waals surface area contributed by atoms with Gasteiger partial charge in [0.2, 0.25) is 0 Å². The summed E-state index contributed by atoms with van der Waals surface area (Å²) in [5.74, 6) is 1.90. The molecule has 6 rings (SSSR count). The number of hydrogen-bond donors (Lipinski definition) is 2. The Labute approximate surface area is 201 Å². The number of aryl methyl sites for hydroxylation is 1. The molecule has 178 valence electrons. The van der Waals surface area contributed by atoms with Crippen LogP contribution in [-0.4, -0.2) is 53.5 Å². The maximum atomic E-state index is 12.3. The smallest absolute Gasteiger partial charge is 0.315 e. The fourth-order valence-corrected chi connectivity index (χ4v) is 5.55. The summed E-state index contributed by atoms with van der Waals surface area (Å²) < 4.78 is 7.59. The van der Waals surface area contributed by atoms with Crippen molar-refractivity contribution in [2.24, 2.45) is 13.0 Å². The Morgan fingerprint density at radius 1 is 1.12 bits per heavy atom. The molecule has 0 aliphatic carbocycles. The minimum Gasteiger partial charge on any atom is -0.496 e. The topological polar surface area (TPSA) is 71.4 Å². The van der Waals surface area contributed by atoms with Gasteiger partial charge >= 0.3 is 6.03 Å². The third-order valence-corrected chi connectivity index (χ3v) is 7.35. The number of carbonyl (C=O) groups is 1. The van der Waals surface area contributed by atoms with E-state index in [0.29, 0.717) is 31.0 Å². The number of aromatic nitrogens is 2. The van der Waals surface area contributed by atoms with Crippen molar-refractivity contribution < 1.29 is 9.53 Å². The van der Waals surface area contributed by atoms with Gasteiger partial charge in [0.25, 0.3) is 0 Å². The molecule has 34 heavy (non-hydrogen) atoms. The molecule has 0 saturated carbocycles. The summed E-state index contributed by atoms with van der Waals surface area (Å²) >= 11 is 0. The van der Waals surface area contributed by atoms with Gasteiger partial charge in [-0.05, 0) is 49.1 Å². The lowest BCUT2D eigenvalue weighted by molar-refractivity contribution is 0.0294. The molecule has 2 aromatic carbocycles. The van der Waals surface area contributed by atoms with Crippen LogP contribution < -0.4 is 15.4 Å². The molecule has 2 N–H and O–H groups in total. The van der Waals surface area contributed by atoms with Gasteiger partial charge in [-0.2, -0.15) is 5.10 Å². The fourth-order valence-electron chi connectivity index (χ4n) is 5.55. The molecule has 4 unspecified atom stereocenters. The fraction of sp³-hybridized carbons (Fsp3) is 0.407. The highest BCUT2D eigenvalue weighted by molar-refractivity contribution is 5.73. The molecular weight excluding hydrogens is 426 g/mol. The summed E-state index contributed by atoms with van der Waals surface area (Å²) in [7, 11) is 3.74. The van der Waals surface area contributed by atoms with Crippen molar-refractivity contribution in [2.45, 2.75) is 31.3 Å². The predicted molar refractivity (Wildman–Crippen MR) is 133 cm³/mol. The van der Waals surface area contributed by atoms with Crippen LogP contribution >= 0.6 is 0 Å². The Balaban J connectivity index is 1.20. The summed E-state index contributed by atoms with van der Waals surface area (Å²) in [5, 5.41) is 10.9. The molecular formula is C27H33N5O2. The molecule has 2 amide bonds. The molecule has 4 heterocycles. The van der Waals surface area contributed by atoms with Crippen LogP contribution in [0.5, 0.6) is 5.75 Å². The third-order valence-electron chi connectivity index (χ3n) is 7.35. The molecule has 7 nitrogen and oxygen atoms in total. The molecule has 3 fully saturated rings. The number of rotatable bonds is 7. The lowest BCUT2D eigenvalue weighted by atomic mass is 9.74. The lowest BCUT2D eigenvalue weighted by Gasteiger charge is -2.49. The van der Waals surface area contributed by atoms with Crippen molar-refractivity contribution in [1.29, 1.82) is 0 Å². The Hall–Kier alpha value is -3.32. The van der Waals surface area contributed by atoms with Gasteiger partial charge in [0.15, 0.2) is 0 Å². The standard InChI is InChI=1S/C27H33N5O2/c1-31-25(15-24(30-31)22-10-6-7-11-26(22)34-2)23-18-32-13-12-20(23)14-21(32)17-29-27(33)28-16-19-8-4-3-5-9-19/h3-11,15,20-21,23H,12-14,16-18H2,1-2H3,(H2,28,29,33). The zero-order valence-corrected chi connectivity index (χ0v) is 19.9. The quantitative estimate of drug-likeness (QED) is 0.564. The number of para-hydroxylation sites is 1. The van der Waals surface area contributed by atoms with Gasteiger partial charge in [-0.25, -0.2) is 4.79 Å². The van der Waals surface area contributed by atoms with Crippen molar-refractivity contribution >= 4 is 6.03 Å². The number of nitrogens with zero attached hydrogens (tertiary/aromatic N) is 3. The number of fused-ring (bicyclic) bond motifs is 3. The molecule has 3 aliphatic heterocycles. The number of piperidine rings is 3. The Bertz CT molecular complexity index is 1130. The van der Waals surface area contributed by atoms with E-state index in [-0.39, 0.29) is 6.03 Å². The monoisotopic (exact) mass is 459 g/mol. The van der Waals surface area contributed by atoms with E-state index >= 15 is 0 Å². The van der Waals surface area contributed by atoms with Crippen LogP contribution in [0.15, 0.2) is 60.7 Å². The second-order valence-electron chi connectivity index (χ2n) is 9.37. The van der Waals surface area contributed by atoms with E-state index < -0.39 is 0 Å². The van der Waals surface area contributed by atoms with Crippen LogP contribution in [0.3, 0.4) is 0 Å². The second kappa shape index (κ2) is 9.89. The maximum absolute atomic E-state index is 12.3. The number of urea groups is 1. The van der Waals surface area contributed by atoms with Crippen LogP contribution in [-0.2, 0) is 13.6 Å². The van der Waals surface area contributed by atoms with Crippen LogP contribution in [0.1, 0.15) is 30.0 Å². The second-order valence-corrected chi connectivity index (χ2v) is 9.37. The van der Waals surface area contributed by atoms with Crippen molar-refractivity contribution in [1.82, 2.24) is 25.3 Å². The van der Waals surface area contributed by atoms with E-state index in [4.69, 9.17) is 9.84 Å². The van der Waals surface area contributed by atoms with Gasteiger partial charge in [0.05, 0.1) is 12.8 Å². The van der Waals surface area contributed by atoms with Crippen LogP contribution in [0.25, 0.3) is 11.3 Å². The van der Waals surface area contributed by atoms with E-state index in [1.165, 1.54) is 12.1 Å². The van der Waals surface area contributed by atoms with Crippen LogP contribution in [0.2, 0.25) is 0 Å². The van der Waals surface area contributed by atoms with Crippen molar-refractivity contribution in [3.05, 3.63) is 71.9 Å². The molecule has 4 atom stereocenters. The average Bonchev–Trinajstić information content (AvgIpc) is 3.28. The molecule has 1 aromatic heterocycles. The van der Waals surface area contributed by atoms with Crippen molar-refractivity contribution in [3.8, 4) is 17.0 Å². The number of nitrogens with one attached hydrogen (secondary N) is 2. The van der Waals surface area contributed by atoms with Crippen LogP contribution in [0, 0.1) is 5.92 Å². The molecule has 3 saturated heterocycles.